The van der Waals surface area contributed by atoms with Gasteiger partial charge in [-0.1, -0.05) is 71.1 Å². The van der Waals surface area contributed by atoms with Crippen LogP contribution in [0.25, 0.3) is 0 Å². The Labute approximate surface area is 120 Å². The second-order valence-corrected chi connectivity index (χ2v) is 8.24. The van der Waals surface area contributed by atoms with Gasteiger partial charge in [-0.3, -0.25) is 0 Å². The third-order valence-electron chi connectivity index (χ3n) is 6.98. The molecule has 0 aromatic rings. The molecule has 0 radical (unpaired) electrons. The van der Waals surface area contributed by atoms with Gasteiger partial charge in [0.25, 0.3) is 0 Å². The molecule has 3 fully saturated rings. The number of hydrogen-bond acceptors (Lipinski definition) is 0. The minimum absolute atomic E-state index is 0.723. The monoisotopic (exact) mass is 262 g/mol. The number of fused-ring (bicyclic) bond motifs is 1. The second-order valence-electron chi connectivity index (χ2n) is 8.24. The maximum absolute atomic E-state index is 2.66. The zero-order valence-corrected chi connectivity index (χ0v) is 13.1. The topological polar surface area (TPSA) is 0 Å². The van der Waals surface area contributed by atoms with Crippen LogP contribution in [-0.2, 0) is 0 Å². The molecule has 3 saturated carbocycles. The van der Waals surface area contributed by atoms with Crippen molar-refractivity contribution >= 4 is 0 Å². The van der Waals surface area contributed by atoms with E-state index in [1.165, 1.54) is 38.5 Å². The lowest BCUT2D eigenvalue weighted by atomic mass is 9.56. The summed E-state index contributed by atoms with van der Waals surface area (Å²) in [5, 5.41) is 0. The van der Waals surface area contributed by atoms with Crippen molar-refractivity contribution in [1.29, 1.82) is 0 Å². The first-order valence-corrected chi connectivity index (χ1v) is 9.28. The molecule has 0 heterocycles. The molecule has 0 aromatic heterocycles. The van der Waals surface area contributed by atoms with Crippen LogP contribution in [0.3, 0.4) is 0 Å². The van der Waals surface area contributed by atoms with Crippen LogP contribution in [0, 0.1) is 23.2 Å². The molecule has 0 N–H and O–H groups in total. The van der Waals surface area contributed by atoms with Gasteiger partial charge in [0.15, 0.2) is 0 Å². The molecular weight excluding hydrogens is 228 g/mol. The van der Waals surface area contributed by atoms with Crippen LogP contribution in [0.5, 0.6) is 0 Å². The quantitative estimate of drug-likeness (QED) is 0.556. The van der Waals surface area contributed by atoms with Crippen molar-refractivity contribution in [3.8, 4) is 0 Å². The van der Waals surface area contributed by atoms with E-state index in [4.69, 9.17) is 0 Å². The van der Waals surface area contributed by atoms with Crippen molar-refractivity contribution in [2.45, 2.75) is 96.8 Å². The largest absolute Gasteiger partial charge is 0.0594 e. The lowest BCUT2D eigenvalue weighted by Crippen LogP contribution is -2.39. The first kappa shape index (κ1) is 14.0. The van der Waals surface area contributed by atoms with Gasteiger partial charge in [-0.2, -0.15) is 0 Å². The summed E-state index contributed by atoms with van der Waals surface area (Å²) in [5.41, 5.74) is 0.723. The molecular formula is C19H34. The van der Waals surface area contributed by atoms with Gasteiger partial charge in [0.1, 0.15) is 0 Å². The minimum Gasteiger partial charge on any atom is -0.0594 e. The van der Waals surface area contributed by atoms with Crippen LogP contribution < -0.4 is 0 Å². The predicted octanol–water partition coefficient (Wildman–Crippen LogP) is 6.34. The molecule has 0 nitrogen and oxygen atoms in total. The Morgan fingerprint density at radius 2 is 1.47 bits per heavy atom. The summed E-state index contributed by atoms with van der Waals surface area (Å²) in [6.07, 6.45) is 21.6. The van der Waals surface area contributed by atoms with E-state index in [0.29, 0.717) is 0 Å². The molecule has 3 aliphatic carbocycles. The smallest absolute Gasteiger partial charge is 0.0295 e. The fraction of sp³-hybridized carbons (Fsp3) is 1.00. The molecule has 3 rings (SSSR count). The minimum atomic E-state index is 0.723. The summed E-state index contributed by atoms with van der Waals surface area (Å²) in [5.74, 6) is 3.30. The molecule has 0 saturated heterocycles. The van der Waals surface area contributed by atoms with E-state index in [-0.39, 0.29) is 0 Å². The molecule has 110 valence electrons. The third-order valence-corrected chi connectivity index (χ3v) is 6.98. The van der Waals surface area contributed by atoms with Crippen molar-refractivity contribution in [2.24, 2.45) is 23.2 Å². The first-order chi connectivity index (χ1) is 9.28. The average molecular weight is 262 g/mol. The van der Waals surface area contributed by atoms with Crippen molar-refractivity contribution in [3.63, 3.8) is 0 Å². The molecule has 0 aliphatic heterocycles. The highest BCUT2D eigenvalue weighted by atomic mass is 14.5. The lowest BCUT2D eigenvalue weighted by molar-refractivity contribution is 0.0130. The highest BCUT2D eigenvalue weighted by Gasteiger charge is 2.42. The molecule has 0 heteroatoms. The van der Waals surface area contributed by atoms with Crippen LogP contribution in [0.15, 0.2) is 0 Å². The van der Waals surface area contributed by atoms with Crippen LogP contribution >= 0.6 is 0 Å². The number of hydrogen-bond donors (Lipinski definition) is 0. The summed E-state index contributed by atoms with van der Waals surface area (Å²) in [7, 11) is 0. The zero-order chi connectivity index (χ0) is 13.1. The summed E-state index contributed by atoms with van der Waals surface area (Å²) < 4.78 is 0. The van der Waals surface area contributed by atoms with Gasteiger partial charge in [-0.25, -0.2) is 0 Å². The highest BCUT2D eigenvalue weighted by molar-refractivity contribution is 4.93. The fourth-order valence-electron chi connectivity index (χ4n) is 5.74. The number of rotatable bonds is 3. The third kappa shape index (κ3) is 3.19. The lowest BCUT2D eigenvalue weighted by Gasteiger charge is -2.49. The summed E-state index contributed by atoms with van der Waals surface area (Å²) in [4.78, 5) is 0. The van der Waals surface area contributed by atoms with Gasteiger partial charge in [0, 0.05) is 0 Å². The predicted molar refractivity (Wildman–Crippen MR) is 83.2 cm³/mol. The Morgan fingerprint density at radius 3 is 2.32 bits per heavy atom. The highest BCUT2D eigenvalue weighted by Crippen LogP contribution is 2.53. The van der Waals surface area contributed by atoms with E-state index in [9.17, 15) is 0 Å². The van der Waals surface area contributed by atoms with Crippen molar-refractivity contribution in [1.82, 2.24) is 0 Å². The van der Waals surface area contributed by atoms with Gasteiger partial charge < -0.3 is 0 Å². The van der Waals surface area contributed by atoms with Crippen molar-refractivity contribution in [3.05, 3.63) is 0 Å². The molecule has 3 aliphatic rings. The van der Waals surface area contributed by atoms with Crippen molar-refractivity contribution < 1.29 is 0 Å². The molecule has 3 atom stereocenters. The van der Waals surface area contributed by atoms with Crippen LogP contribution in [0.1, 0.15) is 96.8 Å². The molecule has 3 unspecified atom stereocenters. The average Bonchev–Trinajstić information content (AvgIpc) is 2.47. The Hall–Kier alpha value is 0. The van der Waals surface area contributed by atoms with Gasteiger partial charge in [0.05, 0.1) is 0 Å². The maximum Gasteiger partial charge on any atom is -0.0295 e. The standard InChI is InChI=1S/C19H34/c1-19(15-13-16-8-3-2-4-9-16)14-7-11-17-10-5-6-12-18(17)19/h16-18H,2-15H2,1H3. The second kappa shape index (κ2) is 6.19. The van der Waals surface area contributed by atoms with Gasteiger partial charge in [0.2, 0.25) is 0 Å². The maximum atomic E-state index is 2.66. The van der Waals surface area contributed by atoms with E-state index < -0.39 is 0 Å². The summed E-state index contributed by atoms with van der Waals surface area (Å²) >= 11 is 0. The molecule has 0 bridgehead atoms. The Balaban J connectivity index is 1.57. The summed E-state index contributed by atoms with van der Waals surface area (Å²) in [6.45, 7) is 2.66. The molecule has 0 aromatic carbocycles. The van der Waals surface area contributed by atoms with Gasteiger partial charge in [-0.05, 0) is 48.9 Å². The van der Waals surface area contributed by atoms with E-state index >= 15 is 0 Å². The van der Waals surface area contributed by atoms with E-state index in [0.717, 1.165) is 23.2 Å². The van der Waals surface area contributed by atoms with Gasteiger partial charge in [-0.15, -0.1) is 0 Å². The zero-order valence-electron chi connectivity index (χ0n) is 13.1. The Kier molecular flexibility index (Phi) is 4.54. The fourth-order valence-corrected chi connectivity index (χ4v) is 5.74. The van der Waals surface area contributed by atoms with Crippen molar-refractivity contribution in [2.75, 3.05) is 0 Å². The van der Waals surface area contributed by atoms with Crippen LogP contribution in [0.4, 0.5) is 0 Å². The van der Waals surface area contributed by atoms with E-state index in [1.807, 2.05) is 0 Å². The first-order valence-electron chi connectivity index (χ1n) is 9.28. The van der Waals surface area contributed by atoms with E-state index in [1.54, 1.807) is 51.4 Å². The van der Waals surface area contributed by atoms with Crippen LogP contribution in [-0.4, -0.2) is 0 Å². The van der Waals surface area contributed by atoms with Gasteiger partial charge >= 0.3 is 0 Å². The normalized spacial score (nSPS) is 40.9. The SMILES string of the molecule is CC1(CCC2CCCCC2)CCCC2CCCCC21. The summed E-state index contributed by atoms with van der Waals surface area (Å²) in [6, 6.07) is 0. The molecule has 19 heavy (non-hydrogen) atoms. The Morgan fingerprint density at radius 1 is 0.789 bits per heavy atom. The van der Waals surface area contributed by atoms with E-state index in [2.05, 4.69) is 6.92 Å². The van der Waals surface area contributed by atoms with Crippen LogP contribution in [0.2, 0.25) is 0 Å². The molecule has 0 amide bonds. The Bertz CT molecular complexity index is 274. The molecule has 0 spiro atoms.